The van der Waals surface area contributed by atoms with Crippen LogP contribution in [0, 0.1) is 0 Å². The Balaban J connectivity index is 1.53. The number of amides is 2. The first-order valence-electron chi connectivity index (χ1n) is 11.4. The zero-order valence-electron chi connectivity index (χ0n) is 19.9. The Morgan fingerprint density at radius 1 is 1.14 bits per heavy atom. The number of aromatic amines is 1. The van der Waals surface area contributed by atoms with Crippen LogP contribution < -0.4 is 14.8 Å². The molecule has 0 bridgehead atoms. The molecule has 2 heterocycles. The van der Waals surface area contributed by atoms with E-state index in [1.54, 1.807) is 37.6 Å². The van der Waals surface area contributed by atoms with E-state index < -0.39 is 12.2 Å². The number of benzene rings is 2. The normalized spacial score (nSPS) is 15.3. The number of methoxy groups -OCH3 is 1. The van der Waals surface area contributed by atoms with Gasteiger partial charge in [0.25, 0.3) is 5.91 Å². The Kier molecular flexibility index (Phi) is 7.35. The van der Waals surface area contributed by atoms with Crippen LogP contribution in [0.4, 0.5) is 10.5 Å². The number of ether oxygens (including phenoxy) is 3. The van der Waals surface area contributed by atoms with Crippen LogP contribution in [-0.2, 0) is 11.3 Å². The number of nitrogens with zero attached hydrogens (tertiary/aromatic N) is 2. The fourth-order valence-electron chi connectivity index (χ4n) is 3.73. The molecule has 1 aliphatic rings. The van der Waals surface area contributed by atoms with Gasteiger partial charge in [-0.3, -0.25) is 4.79 Å². The van der Waals surface area contributed by atoms with E-state index >= 15 is 0 Å². The highest BCUT2D eigenvalue weighted by atomic mass is 16.6. The fraction of sp³-hybridized carbons (Fsp3) is 0.269. The predicted molar refractivity (Wildman–Crippen MR) is 132 cm³/mol. The van der Waals surface area contributed by atoms with Gasteiger partial charge in [-0.2, -0.15) is 10.1 Å². The standard InChI is InChI=1S/C26H28N4O5/c1-4-21-24(18-10-13-22(33-3)23(15-18)34-5-2)29-30(26(32)35-21)16-17-8-11-19(12-9-17)28-25(31)20-7-6-14-27-20/h6-15,21,27H,4-5,16H2,1-3H3,(H,28,31). The van der Waals surface area contributed by atoms with Gasteiger partial charge in [0, 0.05) is 17.4 Å². The molecule has 3 aromatic rings. The summed E-state index contributed by atoms with van der Waals surface area (Å²) in [4.78, 5) is 27.7. The molecule has 35 heavy (non-hydrogen) atoms. The Morgan fingerprint density at radius 2 is 1.94 bits per heavy atom. The van der Waals surface area contributed by atoms with Gasteiger partial charge >= 0.3 is 6.09 Å². The summed E-state index contributed by atoms with van der Waals surface area (Å²) in [5, 5.41) is 8.78. The number of rotatable bonds is 9. The number of H-pyrrole nitrogens is 1. The molecule has 0 spiro atoms. The van der Waals surface area contributed by atoms with Crippen LogP contribution in [0.2, 0.25) is 0 Å². The van der Waals surface area contributed by atoms with Crippen molar-refractivity contribution in [2.75, 3.05) is 19.0 Å². The highest BCUT2D eigenvalue weighted by molar-refractivity contribution is 6.06. The number of nitrogens with one attached hydrogen (secondary N) is 2. The minimum absolute atomic E-state index is 0.220. The van der Waals surface area contributed by atoms with Crippen molar-refractivity contribution in [3.05, 3.63) is 77.6 Å². The number of hydrogen-bond acceptors (Lipinski definition) is 6. The molecule has 0 fully saturated rings. The van der Waals surface area contributed by atoms with Gasteiger partial charge in [-0.05, 0) is 61.4 Å². The van der Waals surface area contributed by atoms with Crippen LogP contribution >= 0.6 is 0 Å². The van der Waals surface area contributed by atoms with Crippen LogP contribution in [0.15, 0.2) is 65.9 Å². The van der Waals surface area contributed by atoms with Gasteiger partial charge in [0.1, 0.15) is 17.5 Å². The zero-order valence-corrected chi connectivity index (χ0v) is 19.9. The molecule has 182 valence electrons. The number of cyclic esters (lactones) is 1. The molecule has 0 saturated carbocycles. The number of hydrogen-bond donors (Lipinski definition) is 2. The lowest BCUT2D eigenvalue weighted by molar-refractivity contribution is 0.0712. The van der Waals surface area contributed by atoms with Gasteiger partial charge in [0.05, 0.1) is 20.3 Å². The second kappa shape index (κ2) is 10.8. The van der Waals surface area contributed by atoms with Gasteiger partial charge in [-0.1, -0.05) is 19.1 Å². The van der Waals surface area contributed by atoms with Crippen LogP contribution in [-0.4, -0.2) is 47.5 Å². The van der Waals surface area contributed by atoms with Crippen molar-refractivity contribution >= 4 is 23.4 Å². The number of anilines is 1. The summed E-state index contributed by atoms with van der Waals surface area (Å²) in [5.74, 6) is 0.996. The third-order valence-corrected chi connectivity index (χ3v) is 5.50. The summed E-state index contributed by atoms with van der Waals surface area (Å²) >= 11 is 0. The fourth-order valence-corrected chi connectivity index (χ4v) is 3.73. The van der Waals surface area contributed by atoms with Crippen LogP contribution in [0.5, 0.6) is 11.5 Å². The average molecular weight is 477 g/mol. The molecule has 4 rings (SSSR count). The zero-order chi connectivity index (χ0) is 24.8. The maximum absolute atomic E-state index is 12.6. The van der Waals surface area contributed by atoms with Crippen LogP contribution in [0.3, 0.4) is 0 Å². The first-order valence-corrected chi connectivity index (χ1v) is 11.4. The average Bonchev–Trinajstić information content (AvgIpc) is 3.42. The summed E-state index contributed by atoms with van der Waals surface area (Å²) in [6, 6.07) is 16.2. The molecule has 9 heteroatoms. The number of carbonyl (C=O) groups is 2. The predicted octanol–water partition coefficient (Wildman–Crippen LogP) is 4.81. The smallest absolute Gasteiger partial charge is 0.431 e. The first-order chi connectivity index (χ1) is 17.0. The highest BCUT2D eigenvalue weighted by Gasteiger charge is 2.31. The second-order valence-corrected chi connectivity index (χ2v) is 7.86. The Morgan fingerprint density at radius 3 is 2.60 bits per heavy atom. The molecular formula is C26H28N4O5. The molecule has 0 radical (unpaired) electrons. The summed E-state index contributed by atoms with van der Waals surface area (Å²) < 4.78 is 16.8. The SMILES string of the molecule is CCOc1cc(C2=NN(Cc3ccc(NC(=O)c4ccc[nH]4)cc3)C(=O)OC2CC)ccc1OC. The van der Waals surface area contributed by atoms with Gasteiger partial charge in [0.2, 0.25) is 0 Å². The Bertz CT molecular complexity index is 1200. The van der Waals surface area contributed by atoms with E-state index in [9.17, 15) is 9.59 Å². The Labute approximate surface area is 203 Å². The van der Waals surface area contributed by atoms with E-state index in [0.717, 1.165) is 11.1 Å². The molecule has 9 nitrogen and oxygen atoms in total. The maximum Gasteiger partial charge on any atom is 0.431 e. The van der Waals surface area contributed by atoms with Gasteiger partial charge in [0.15, 0.2) is 11.5 Å². The summed E-state index contributed by atoms with van der Waals surface area (Å²) in [6.07, 6.45) is 1.30. The maximum atomic E-state index is 12.6. The molecule has 2 amide bonds. The lowest BCUT2D eigenvalue weighted by Gasteiger charge is -2.29. The number of carbonyl (C=O) groups excluding carboxylic acids is 2. The first kappa shape index (κ1) is 23.9. The van der Waals surface area contributed by atoms with Crippen molar-refractivity contribution in [1.29, 1.82) is 0 Å². The molecule has 1 atom stereocenters. The molecular weight excluding hydrogens is 448 g/mol. The van der Waals surface area contributed by atoms with Crippen molar-refractivity contribution in [3.8, 4) is 11.5 Å². The summed E-state index contributed by atoms with van der Waals surface area (Å²) in [5.41, 5.74) is 3.39. The lowest BCUT2D eigenvalue weighted by Crippen LogP contribution is -2.41. The van der Waals surface area contributed by atoms with E-state index in [-0.39, 0.29) is 12.5 Å². The minimum atomic E-state index is -0.511. The van der Waals surface area contributed by atoms with E-state index in [2.05, 4.69) is 15.4 Å². The third kappa shape index (κ3) is 5.46. The molecule has 0 saturated heterocycles. The molecule has 2 aromatic carbocycles. The van der Waals surface area contributed by atoms with Crippen molar-refractivity contribution in [3.63, 3.8) is 0 Å². The largest absolute Gasteiger partial charge is 0.493 e. The van der Waals surface area contributed by atoms with Crippen molar-refractivity contribution in [2.45, 2.75) is 32.9 Å². The van der Waals surface area contributed by atoms with Gasteiger partial charge < -0.3 is 24.5 Å². The van der Waals surface area contributed by atoms with E-state index in [0.29, 0.717) is 41.6 Å². The van der Waals surface area contributed by atoms with Crippen molar-refractivity contribution in [2.24, 2.45) is 5.10 Å². The van der Waals surface area contributed by atoms with E-state index in [1.165, 1.54) is 5.01 Å². The van der Waals surface area contributed by atoms with E-state index in [1.807, 2.05) is 44.2 Å². The molecule has 1 aromatic heterocycles. The highest BCUT2D eigenvalue weighted by Crippen LogP contribution is 2.30. The quantitative estimate of drug-likeness (QED) is 0.461. The van der Waals surface area contributed by atoms with Crippen molar-refractivity contribution in [1.82, 2.24) is 9.99 Å². The molecule has 1 unspecified atom stereocenters. The molecule has 1 aliphatic heterocycles. The summed E-state index contributed by atoms with van der Waals surface area (Å²) in [7, 11) is 1.59. The van der Waals surface area contributed by atoms with Crippen LogP contribution in [0.1, 0.15) is 41.9 Å². The van der Waals surface area contributed by atoms with Crippen LogP contribution in [0.25, 0.3) is 0 Å². The Hall–Kier alpha value is -4.27. The van der Waals surface area contributed by atoms with E-state index in [4.69, 9.17) is 14.2 Å². The number of hydrazone groups is 1. The second-order valence-electron chi connectivity index (χ2n) is 7.86. The molecule has 0 aliphatic carbocycles. The number of aromatic nitrogens is 1. The van der Waals surface area contributed by atoms with Gasteiger partial charge in [-0.25, -0.2) is 4.79 Å². The summed E-state index contributed by atoms with van der Waals surface area (Å²) in [6.45, 7) is 4.56. The topological polar surface area (TPSA) is 105 Å². The third-order valence-electron chi connectivity index (χ3n) is 5.50. The monoisotopic (exact) mass is 476 g/mol. The van der Waals surface area contributed by atoms with Gasteiger partial charge in [-0.15, -0.1) is 0 Å². The molecule has 2 N–H and O–H groups in total. The lowest BCUT2D eigenvalue weighted by atomic mass is 10.0. The van der Waals surface area contributed by atoms with Crippen molar-refractivity contribution < 1.29 is 23.8 Å². The minimum Gasteiger partial charge on any atom is -0.493 e.